The number of hydrazone groups is 1. The number of ketones is 1. The van der Waals surface area contributed by atoms with Crippen LogP contribution in [0.3, 0.4) is 0 Å². The number of anilines is 1. The van der Waals surface area contributed by atoms with Crippen LogP contribution in [-0.2, 0) is 4.79 Å². The number of nitrogens with one attached hydrogen (secondary N) is 1. The Hall–Kier alpha value is -1.78. The van der Waals surface area contributed by atoms with Crippen LogP contribution in [-0.4, -0.2) is 11.0 Å². The van der Waals surface area contributed by atoms with Gasteiger partial charge in [0, 0.05) is 16.7 Å². The van der Waals surface area contributed by atoms with Crippen LogP contribution in [0.1, 0.15) is 6.92 Å². The third kappa shape index (κ3) is 4.11. The summed E-state index contributed by atoms with van der Waals surface area (Å²) >= 11 is 7.32. The normalized spacial score (nSPS) is 11.2. The van der Waals surface area contributed by atoms with Crippen LogP contribution in [0.2, 0.25) is 0 Å². The molecule has 1 N–H and O–H groups in total. The molecule has 0 unspecified atom stereocenters. The Balaban J connectivity index is 2.18. The molecule has 0 saturated carbocycles. The first-order valence-electron chi connectivity index (χ1n) is 5.99. The minimum atomic E-state index is -0.271. The van der Waals surface area contributed by atoms with Crippen LogP contribution in [0, 0.1) is 0 Å². The number of para-hydroxylation sites is 1. The smallest absolute Gasteiger partial charge is 0.191 e. The van der Waals surface area contributed by atoms with Gasteiger partial charge in [0.15, 0.2) is 11.0 Å². The van der Waals surface area contributed by atoms with Gasteiger partial charge in [0.1, 0.15) is 0 Å². The van der Waals surface area contributed by atoms with Gasteiger partial charge in [-0.1, -0.05) is 53.7 Å². The molecular weight excluding hydrogens is 292 g/mol. The van der Waals surface area contributed by atoms with Crippen molar-refractivity contribution in [3.8, 4) is 0 Å². The number of hydrogen-bond donors (Lipinski definition) is 1. The minimum absolute atomic E-state index is 0.0653. The lowest BCUT2D eigenvalue weighted by atomic mass is 10.3. The maximum atomic E-state index is 11.0. The molecule has 0 saturated heterocycles. The third-order valence-corrected chi connectivity index (χ3v) is 3.86. The molecule has 2 aromatic carbocycles. The van der Waals surface area contributed by atoms with Crippen molar-refractivity contribution >= 4 is 40.0 Å². The lowest BCUT2D eigenvalue weighted by molar-refractivity contribution is -0.110. The van der Waals surface area contributed by atoms with E-state index >= 15 is 0 Å². The van der Waals surface area contributed by atoms with Crippen LogP contribution in [0.15, 0.2) is 69.5 Å². The van der Waals surface area contributed by atoms with Gasteiger partial charge in [0.2, 0.25) is 0 Å². The highest BCUT2D eigenvalue weighted by Crippen LogP contribution is 2.33. The largest absolute Gasteiger partial charge is 0.292 e. The maximum Gasteiger partial charge on any atom is 0.191 e. The Morgan fingerprint density at radius 2 is 1.75 bits per heavy atom. The number of carbonyl (C=O) groups is 1. The summed E-state index contributed by atoms with van der Waals surface area (Å²) in [5.41, 5.74) is 3.64. The molecule has 0 amide bonds. The first kappa shape index (κ1) is 14.6. The fourth-order valence-corrected chi connectivity index (χ4v) is 2.41. The Morgan fingerprint density at radius 1 is 1.10 bits per heavy atom. The molecule has 102 valence electrons. The van der Waals surface area contributed by atoms with E-state index in [1.54, 1.807) is 11.8 Å². The molecule has 0 aromatic heterocycles. The zero-order valence-electron chi connectivity index (χ0n) is 10.8. The lowest BCUT2D eigenvalue weighted by Gasteiger charge is -2.08. The van der Waals surface area contributed by atoms with E-state index in [1.165, 1.54) is 6.92 Å². The highest BCUT2D eigenvalue weighted by atomic mass is 35.5. The Kier molecular flexibility index (Phi) is 5.21. The van der Waals surface area contributed by atoms with Gasteiger partial charge in [-0.2, -0.15) is 5.10 Å². The summed E-state index contributed by atoms with van der Waals surface area (Å²) in [4.78, 5) is 13.2. The number of benzene rings is 2. The first-order valence-corrected chi connectivity index (χ1v) is 7.18. The second kappa shape index (κ2) is 7.12. The summed E-state index contributed by atoms with van der Waals surface area (Å²) in [7, 11) is 0. The highest BCUT2D eigenvalue weighted by Gasteiger charge is 2.05. The van der Waals surface area contributed by atoms with Crippen molar-refractivity contribution in [1.82, 2.24) is 0 Å². The summed E-state index contributed by atoms with van der Waals surface area (Å²) in [6.07, 6.45) is 0. The van der Waals surface area contributed by atoms with Gasteiger partial charge in [-0.25, -0.2) is 0 Å². The van der Waals surface area contributed by atoms with Crippen LogP contribution in [0.4, 0.5) is 5.69 Å². The van der Waals surface area contributed by atoms with Crippen LogP contribution >= 0.6 is 23.4 Å². The van der Waals surface area contributed by atoms with E-state index in [-0.39, 0.29) is 11.0 Å². The van der Waals surface area contributed by atoms with Crippen LogP contribution in [0.25, 0.3) is 0 Å². The van der Waals surface area contributed by atoms with E-state index < -0.39 is 0 Å². The van der Waals surface area contributed by atoms with E-state index in [9.17, 15) is 4.79 Å². The van der Waals surface area contributed by atoms with E-state index in [2.05, 4.69) is 10.5 Å². The van der Waals surface area contributed by atoms with Gasteiger partial charge in [-0.05, 0) is 24.3 Å². The van der Waals surface area contributed by atoms with Gasteiger partial charge >= 0.3 is 0 Å². The summed E-state index contributed by atoms with van der Waals surface area (Å²) in [6.45, 7) is 1.37. The van der Waals surface area contributed by atoms with Gasteiger partial charge in [-0.3, -0.25) is 10.2 Å². The number of carbonyl (C=O) groups excluding carboxylic acids is 1. The van der Waals surface area contributed by atoms with Gasteiger partial charge in [0.25, 0.3) is 0 Å². The highest BCUT2D eigenvalue weighted by molar-refractivity contribution is 7.99. The number of halogens is 1. The number of Topliss-reactive ketones (excluding diaryl/α,β-unsaturated/α-hetero) is 1. The maximum absolute atomic E-state index is 11.0. The van der Waals surface area contributed by atoms with Gasteiger partial charge in [-0.15, -0.1) is 0 Å². The van der Waals surface area contributed by atoms with Crippen molar-refractivity contribution in [1.29, 1.82) is 0 Å². The van der Waals surface area contributed by atoms with Crippen LogP contribution < -0.4 is 5.43 Å². The van der Waals surface area contributed by atoms with Crippen LogP contribution in [0.5, 0.6) is 0 Å². The predicted octanol–water partition coefficient (Wildman–Crippen LogP) is 4.39. The van der Waals surface area contributed by atoms with Gasteiger partial charge < -0.3 is 0 Å². The Morgan fingerprint density at radius 3 is 2.45 bits per heavy atom. The molecule has 0 atom stereocenters. The van der Waals surface area contributed by atoms with Gasteiger partial charge in [0.05, 0.1) is 5.69 Å². The predicted molar refractivity (Wildman–Crippen MR) is 84.6 cm³/mol. The fraction of sp³-hybridized carbons (Fsp3) is 0.0667. The van der Waals surface area contributed by atoms with E-state index in [4.69, 9.17) is 11.6 Å². The zero-order chi connectivity index (χ0) is 14.4. The fourth-order valence-electron chi connectivity index (χ4n) is 1.45. The summed E-state index contributed by atoms with van der Waals surface area (Å²) in [6, 6.07) is 17.7. The minimum Gasteiger partial charge on any atom is -0.292 e. The van der Waals surface area contributed by atoms with Crippen molar-refractivity contribution in [3.05, 3.63) is 54.6 Å². The van der Waals surface area contributed by atoms with Crippen molar-refractivity contribution in [2.75, 3.05) is 5.43 Å². The Labute approximate surface area is 127 Å². The second-order valence-electron chi connectivity index (χ2n) is 3.98. The molecule has 0 heterocycles. The molecule has 0 bridgehead atoms. The zero-order valence-corrected chi connectivity index (χ0v) is 12.4. The number of hydrogen-bond acceptors (Lipinski definition) is 4. The topological polar surface area (TPSA) is 41.5 Å². The summed E-state index contributed by atoms with van der Waals surface area (Å²) < 4.78 is 0. The van der Waals surface area contributed by atoms with Crippen molar-refractivity contribution in [3.63, 3.8) is 0 Å². The van der Waals surface area contributed by atoms with E-state index in [0.29, 0.717) is 0 Å². The average Bonchev–Trinajstić information content (AvgIpc) is 2.47. The molecule has 0 aliphatic carbocycles. The van der Waals surface area contributed by atoms with Crippen molar-refractivity contribution in [2.45, 2.75) is 16.7 Å². The molecule has 0 aliphatic heterocycles. The average molecular weight is 305 g/mol. The molecule has 0 aliphatic rings. The number of nitrogens with zero attached hydrogens (tertiary/aromatic N) is 1. The summed E-state index contributed by atoms with van der Waals surface area (Å²) in [5.74, 6) is -0.271. The van der Waals surface area contributed by atoms with E-state index in [0.717, 1.165) is 15.5 Å². The molecular formula is C15H13ClN2OS. The lowest BCUT2D eigenvalue weighted by Crippen LogP contribution is -2.04. The molecule has 0 spiro atoms. The van der Waals surface area contributed by atoms with Crippen molar-refractivity contribution < 1.29 is 4.79 Å². The molecule has 5 heteroatoms. The molecule has 0 fully saturated rings. The molecule has 2 aromatic rings. The third-order valence-electron chi connectivity index (χ3n) is 2.42. The second-order valence-corrected chi connectivity index (χ2v) is 5.46. The standard InChI is InChI=1S/C15H13ClN2OS/c1-11(19)15(16)18-17-13-9-5-6-10-14(13)20-12-7-3-2-4-8-12/h2-10,17H,1H3/b18-15-. The van der Waals surface area contributed by atoms with Crippen molar-refractivity contribution in [2.24, 2.45) is 5.10 Å². The first-order chi connectivity index (χ1) is 9.66. The van der Waals surface area contributed by atoms with E-state index in [1.807, 2.05) is 54.6 Å². The molecule has 2 rings (SSSR count). The number of rotatable bonds is 5. The Bertz CT molecular complexity index is 629. The molecule has 0 radical (unpaired) electrons. The summed E-state index contributed by atoms with van der Waals surface area (Å²) in [5, 5.41) is 3.80. The monoisotopic (exact) mass is 304 g/mol. The SMILES string of the molecule is CC(=O)/C(Cl)=N/Nc1ccccc1Sc1ccccc1. The molecule has 3 nitrogen and oxygen atoms in total. The quantitative estimate of drug-likeness (QED) is 0.658. The molecule has 20 heavy (non-hydrogen) atoms.